The fourth-order valence-electron chi connectivity index (χ4n) is 3.83. The number of hydrogen-bond donors (Lipinski definition) is 2. The molecule has 3 aromatic rings. The van der Waals surface area contributed by atoms with Crippen LogP contribution in [0, 0.1) is 0 Å². The summed E-state index contributed by atoms with van der Waals surface area (Å²) in [5.41, 5.74) is 3.35. The van der Waals surface area contributed by atoms with Crippen molar-refractivity contribution < 1.29 is 19.4 Å². The van der Waals surface area contributed by atoms with Crippen LogP contribution in [0.2, 0.25) is 0 Å². The lowest BCUT2D eigenvalue weighted by atomic mass is 9.86. The molecular formula is C21H17N3O4. The lowest BCUT2D eigenvalue weighted by Crippen LogP contribution is -2.36. The summed E-state index contributed by atoms with van der Waals surface area (Å²) < 4.78 is 5.61. The van der Waals surface area contributed by atoms with Gasteiger partial charge in [0.15, 0.2) is 6.61 Å². The number of nitrogens with zero attached hydrogens (tertiary/aromatic N) is 2. The Balaban J connectivity index is 1.66. The summed E-state index contributed by atoms with van der Waals surface area (Å²) in [7, 11) is 1.69. The number of anilines is 2. The largest absolute Gasteiger partial charge is 0.506 e. The molecule has 0 spiro atoms. The van der Waals surface area contributed by atoms with Gasteiger partial charge in [0.2, 0.25) is 5.91 Å². The Morgan fingerprint density at radius 1 is 1.21 bits per heavy atom. The van der Waals surface area contributed by atoms with E-state index in [1.165, 1.54) is 4.90 Å². The van der Waals surface area contributed by atoms with Gasteiger partial charge in [-0.1, -0.05) is 18.2 Å². The van der Waals surface area contributed by atoms with Crippen LogP contribution in [0.5, 0.6) is 11.5 Å². The smallest absolute Gasteiger partial charge is 0.264 e. The van der Waals surface area contributed by atoms with E-state index in [4.69, 9.17) is 4.74 Å². The maximum atomic E-state index is 12.4. The summed E-state index contributed by atoms with van der Waals surface area (Å²) in [5, 5.41) is 13.9. The third-order valence-electron chi connectivity index (χ3n) is 5.33. The van der Waals surface area contributed by atoms with Crippen molar-refractivity contribution >= 4 is 34.1 Å². The summed E-state index contributed by atoms with van der Waals surface area (Å²) in [6, 6.07) is 12.7. The highest BCUT2D eigenvalue weighted by molar-refractivity contribution is 6.01. The highest BCUT2D eigenvalue weighted by Gasteiger charge is 2.32. The van der Waals surface area contributed by atoms with Crippen molar-refractivity contribution in [2.24, 2.45) is 0 Å². The number of pyridine rings is 1. The fraction of sp³-hybridized carbons (Fsp3) is 0.190. The van der Waals surface area contributed by atoms with Crippen LogP contribution in [0.4, 0.5) is 11.4 Å². The van der Waals surface area contributed by atoms with Gasteiger partial charge in [0.05, 0.1) is 5.69 Å². The van der Waals surface area contributed by atoms with Crippen molar-refractivity contribution in [2.75, 3.05) is 23.9 Å². The van der Waals surface area contributed by atoms with Crippen molar-refractivity contribution in [3.05, 3.63) is 53.7 Å². The molecule has 0 saturated carbocycles. The van der Waals surface area contributed by atoms with Crippen LogP contribution >= 0.6 is 0 Å². The number of rotatable bonds is 1. The molecule has 2 N–H and O–H groups in total. The maximum absolute atomic E-state index is 12.4. The number of carbonyl (C=O) groups is 2. The molecule has 2 amide bonds. The zero-order valence-corrected chi connectivity index (χ0v) is 15.1. The van der Waals surface area contributed by atoms with Crippen molar-refractivity contribution in [1.82, 2.24) is 4.98 Å². The number of aromatic hydroxyl groups is 1. The lowest BCUT2D eigenvalue weighted by molar-refractivity contribution is -0.121. The highest BCUT2D eigenvalue weighted by Crippen LogP contribution is 2.44. The van der Waals surface area contributed by atoms with Gasteiger partial charge < -0.3 is 20.1 Å². The van der Waals surface area contributed by atoms with Crippen LogP contribution in [-0.2, 0) is 9.59 Å². The first-order valence-corrected chi connectivity index (χ1v) is 8.97. The zero-order valence-electron chi connectivity index (χ0n) is 15.1. The molecule has 0 bridgehead atoms. The van der Waals surface area contributed by atoms with Gasteiger partial charge in [-0.2, -0.15) is 0 Å². The number of hydrogen-bond acceptors (Lipinski definition) is 5. The third-order valence-corrected chi connectivity index (χ3v) is 5.33. The molecule has 0 aliphatic carbocycles. The van der Waals surface area contributed by atoms with Gasteiger partial charge in [-0.25, -0.2) is 4.98 Å². The maximum Gasteiger partial charge on any atom is 0.264 e. The van der Waals surface area contributed by atoms with Crippen LogP contribution in [0.1, 0.15) is 23.6 Å². The van der Waals surface area contributed by atoms with E-state index >= 15 is 0 Å². The minimum atomic E-state index is -0.274. The average Bonchev–Trinajstić information content (AvgIpc) is 2.69. The second kappa shape index (κ2) is 5.95. The summed E-state index contributed by atoms with van der Waals surface area (Å²) in [6.07, 6.45) is 0.243. The molecule has 1 aromatic heterocycles. The number of para-hydroxylation sites is 1. The SMILES string of the molecule is CN1C(=O)COc2cc3c(cc21)NC(=O)C[C@H]3c1ccc2cccc(O)c2n1. The molecule has 2 aliphatic rings. The summed E-state index contributed by atoms with van der Waals surface area (Å²) in [6.45, 7) is -0.0125. The van der Waals surface area contributed by atoms with Crippen LogP contribution in [0.25, 0.3) is 10.9 Å². The van der Waals surface area contributed by atoms with Gasteiger partial charge in [0.1, 0.15) is 17.0 Å². The first kappa shape index (κ1) is 16.6. The first-order valence-electron chi connectivity index (χ1n) is 8.97. The van der Waals surface area contributed by atoms with Crippen LogP contribution in [-0.4, -0.2) is 35.6 Å². The summed E-state index contributed by atoms with van der Waals surface area (Å²) in [5.74, 6) is 0.170. The van der Waals surface area contributed by atoms with Crippen LogP contribution < -0.4 is 15.0 Å². The van der Waals surface area contributed by atoms with Gasteiger partial charge in [-0.3, -0.25) is 9.59 Å². The standard InChI is InChI=1S/C21H17N3O4/c1-24-16-9-15-12(7-18(16)28-10-20(24)27)13(8-19(26)22-15)14-6-5-11-3-2-4-17(25)21(11)23-14/h2-7,9,13,25H,8,10H2,1H3,(H,22,26)/t13-/m1/s1. The van der Waals surface area contributed by atoms with Gasteiger partial charge in [-0.05, 0) is 29.8 Å². The Morgan fingerprint density at radius 3 is 2.93 bits per heavy atom. The van der Waals surface area contributed by atoms with E-state index < -0.39 is 0 Å². The van der Waals surface area contributed by atoms with Crippen molar-refractivity contribution in [1.29, 1.82) is 0 Å². The number of nitrogens with one attached hydrogen (secondary N) is 1. The van der Waals surface area contributed by atoms with E-state index in [-0.39, 0.29) is 36.5 Å². The Morgan fingerprint density at radius 2 is 2.07 bits per heavy atom. The van der Waals surface area contributed by atoms with Crippen molar-refractivity contribution in [3.8, 4) is 11.5 Å². The third kappa shape index (κ3) is 2.47. The fourth-order valence-corrected chi connectivity index (χ4v) is 3.83. The molecule has 0 radical (unpaired) electrons. The number of phenols is 1. The Kier molecular flexibility index (Phi) is 3.52. The molecule has 0 unspecified atom stereocenters. The highest BCUT2D eigenvalue weighted by atomic mass is 16.5. The van der Waals surface area contributed by atoms with Crippen molar-refractivity contribution in [2.45, 2.75) is 12.3 Å². The van der Waals surface area contributed by atoms with E-state index in [2.05, 4.69) is 10.3 Å². The van der Waals surface area contributed by atoms with Gasteiger partial charge in [0.25, 0.3) is 5.91 Å². The van der Waals surface area contributed by atoms with Gasteiger partial charge >= 0.3 is 0 Å². The second-order valence-electron chi connectivity index (χ2n) is 7.04. The molecule has 3 heterocycles. The molecule has 0 fully saturated rings. The number of aromatic nitrogens is 1. The normalized spacial score (nSPS) is 18.3. The number of carbonyl (C=O) groups excluding carboxylic acids is 2. The quantitative estimate of drug-likeness (QED) is 0.682. The van der Waals surface area contributed by atoms with E-state index in [1.807, 2.05) is 24.3 Å². The molecule has 7 heteroatoms. The lowest BCUT2D eigenvalue weighted by Gasteiger charge is -2.31. The number of ether oxygens (including phenoxy) is 1. The van der Waals surface area contributed by atoms with E-state index in [0.29, 0.717) is 28.3 Å². The Hall–Kier alpha value is -3.61. The predicted molar refractivity (Wildman–Crippen MR) is 104 cm³/mol. The minimum absolute atomic E-state index is 0.0125. The summed E-state index contributed by atoms with van der Waals surface area (Å²) >= 11 is 0. The Bertz CT molecular complexity index is 1160. The molecule has 0 saturated heterocycles. The van der Waals surface area contributed by atoms with Gasteiger partial charge in [0, 0.05) is 36.2 Å². The van der Waals surface area contributed by atoms with Crippen LogP contribution in [0.15, 0.2) is 42.5 Å². The molecule has 7 nitrogen and oxygen atoms in total. The molecule has 28 heavy (non-hydrogen) atoms. The molecule has 2 aliphatic heterocycles. The molecular weight excluding hydrogens is 358 g/mol. The molecule has 2 aromatic carbocycles. The van der Waals surface area contributed by atoms with Crippen molar-refractivity contribution in [3.63, 3.8) is 0 Å². The minimum Gasteiger partial charge on any atom is -0.506 e. The number of fused-ring (bicyclic) bond motifs is 3. The average molecular weight is 375 g/mol. The predicted octanol–water partition coefficient (Wildman–Crippen LogP) is 2.77. The number of amides is 2. The Labute approximate surface area is 160 Å². The molecule has 1 atom stereocenters. The van der Waals surface area contributed by atoms with E-state index in [1.54, 1.807) is 25.2 Å². The first-order chi connectivity index (χ1) is 13.5. The van der Waals surface area contributed by atoms with Gasteiger partial charge in [-0.15, -0.1) is 0 Å². The number of likely N-dealkylation sites (N-methyl/N-ethyl adjacent to an activating group) is 1. The zero-order chi connectivity index (χ0) is 19.4. The topological polar surface area (TPSA) is 91.8 Å². The molecule has 5 rings (SSSR count). The van der Waals surface area contributed by atoms with E-state index in [0.717, 1.165) is 10.9 Å². The summed E-state index contributed by atoms with van der Waals surface area (Å²) in [4.78, 5) is 30.4. The van der Waals surface area contributed by atoms with Crippen LogP contribution in [0.3, 0.4) is 0 Å². The second-order valence-corrected chi connectivity index (χ2v) is 7.04. The number of phenolic OH excluding ortho intramolecular Hbond substituents is 1. The monoisotopic (exact) mass is 375 g/mol. The molecule has 140 valence electrons. The number of benzene rings is 2. The van der Waals surface area contributed by atoms with E-state index in [9.17, 15) is 14.7 Å².